The van der Waals surface area contributed by atoms with Crippen LogP contribution in [0.4, 0.5) is 0 Å². The monoisotopic (exact) mass is 895 g/mol. The Morgan fingerprint density at radius 2 is 1.46 bits per heavy atom. The van der Waals surface area contributed by atoms with E-state index in [0.717, 1.165) is 70.1 Å². The number of pyridine rings is 1. The predicted molar refractivity (Wildman–Crippen MR) is 220 cm³/mol. The van der Waals surface area contributed by atoms with Crippen LogP contribution in [-0.4, -0.2) is 19.3 Å². The third-order valence-electron chi connectivity index (χ3n) is 10.1. The Hall–Kier alpha value is -4.47. The average molecular weight is 896 g/mol. The first kappa shape index (κ1) is 39.2. The van der Waals surface area contributed by atoms with Gasteiger partial charge in [-0.15, -0.1) is 35.7 Å². The number of rotatable bonds is 10. The van der Waals surface area contributed by atoms with Gasteiger partial charge in [-0.2, -0.15) is 16.7 Å². The van der Waals surface area contributed by atoms with E-state index in [4.69, 9.17) is 14.8 Å². The molecule has 0 unspecified atom stereocenters. The zero-order chi connectivity index (χ0) is 37.5. The Labute approximate surface area is 336 Å². The summed E-state index contributed by atoms with van der Waals surface area (Å²) in [4.78, 5) is 4.80. The molecule has 0 amide bonds. The summed E-state index contributed by atoms with van der Waals surface area (Å²) < 4.78 is 10.7. The molecule has 0 N–H and O–H groups in total. The minimum Gasteiger partial charge on any atom is -0.509 e. The number of aromatic nitrogens is 4. The molecule has 5 nitrogen and oxygen atoms in total. The quantitative estimate of drug-likeness (QED) is 0.129. The molecule has 0 aliphatic rings. The van der Waals surface area contributed by atoms with Gasteiger partial charge in [0.05, 0.1) is 6.20 Å². The first-order valence-electron chi connectivity index (χ1n) is 19.0. The Morgan fingerprint density at radius 3 is 2.15 bits per heavy atom. The molecule has 0 saturated heterocycles. The number of fused-ring (bicyclic) bond motifs is 3. The van der Waals surface area contributed by atoms with E-state index in [-0.39, 0.29) is 31.9 Å². The molecule has 3 aromatic heterocycles. The van der Waals surface area contributed by atoms with Crippen LogP contribution in [0, 0.1) is 29.9 Å². The van der Waals surface area contributed by atoms with Crippen molar-refractivity contribution in [3.63, 3.8) is 0 Å². The molecule has 280 valence electrons. The summed E-state index contributed by atoms with van der Waals surface area (Å²) in [5, 5.41) is 7.15. The molecule has 0 fully saturated rings. The number of para-hydroxylation sites is 1. The van der Waals surface area contributed by atoms with Gasteiger partial charge in [0.1, 0.15) is 5.82 Å². The fourth-order valence-corrected chi connectivity index (χ4v) is 7.09. The molecule has 0 atom stereocenters. The Bertz CT molecular complexity index is 2370. The number of nitrogens with zero attached hydrogens (tertiary/aromatic N) is 4. The van der Waals surface area contributed by atoms with E-state index >= 15 is 0 Å². The maximum Gasteiger partial charge on any atom is 2.00 e. The summed E-state index contributed by atoms with van der Waals surface area (Å²) in [6.45, 7) is 20.4. The van der Waals surface area contributed by atoms with Gasteiger partial charge < -0.3 is 9.30 Å². The standard InChI is InChI=1S/C48H52N4O.Pt/c1-32(2)36-21-24-49-45(27-36)52-43-16-11-10-15-41(43)42-18-17-39(29-44(42)52)53-40-26-33(3)25-38(28-40)51-31-37(30-50-51)46-34(19-22-47(4,5)6)13-12-14-35(46)20-23-48(7,8)9;/h10-18,21,24-27,30-32H,19-20,22-23H2,1-9H3;/q-2;+2. The summed E-state index contributed by atoms with van der Waals surface area (Å²) >= 11 is 0. The average Bonchev–Trinajstić information content (AvgIpc) is 3.72. The number of hydrogen-bond acceptors (Lipinski definition) is 3. The van der Waals surface area contributed by atoms with Crippen LogP contribution in [0.2, 0.25) is 0 Å². The van der Waals surface area contributed by atoms with Crippen molar-refractivity contribution in [1.82, 2.24) is 19.3 Å². The smallest absolute Gasteiger partial charge is 0.509 e. The van der Waals surface area contributed by atoms with Crippen LogP contribution in [0.15, 0.2) is 97.5 Å². The molecule has 0 aliphatic heterocycles. The van der Waals surface area contributed by atoms with Crippen LogP contribution in [0.3, 0.4) is 0 Å². The normalized spacial score (nSPS) is 12.1. The second kappa shape index (κ2) is 15.7. The molecule has 0 bridgehead atoms. The molecule has 7 rings (SSSR count). The van der Waals surface area contributed by atoms with Gasteiger partial charge in [0, 0.05) is 35.0 Å². The Morgan fingerprint density at radius 1 is 0.759 bits per heavy atom. The van der Waals surface area contributed by atoms with Crippen molar-refractivity contribution >= 4 is 21.8 Å². The van der Waals surface area contributed by atoms with E-state index in [1.54, 1.807) is 0 Å². The zero-order valence-electron chi connectivity index (χ0n) is 33.2. The van der Waals surface area contributed by atoms with Gasteiger partial charge in [-0.05, 0) is 94.0 Å². The van der Waals surface area contributed by atoms with Gasteiger partial charge >= 0.3 is 21.1 Å². The summed E-state index contributed by atoms with van der Waals surface area (Å²) in [5.74, 6) is 2.50. The second-order valence-corrected chi connectivity index (χ2v) is 17.3. The first-order valence-corrected chi connectivity index (χ1v) is 19.0. The van der Waals surface area contributed by atoms with Crippen LogP contribution in [0.1, 0.15) is 96.4 Å². The van der Waals surface area contributed by atoms with Crippen molar-refractivity contribution in [3.05, 3.63) is 132 Å². The zero-order valence-corrected chi connectivity index (χ0v) is 35.4. The van der Waals surface area contributed by atoms with Crippen molar-refractivity contribution in [3.8, 4) is 34.1 Å². The molecule has 4 aromatic carbocycles. The van der Waals surface area contributed by atoms with Gasteiger partial charge in [0.15, 0.2) is 0 Å². The van der Waals surface area contributed by atoms with Crippen LogP contribution >= 0.6 is 0 Å². The molecular formula is C48H52N4OPt. The van der Waals surface area contributed by atoms with Crippen molar-refractivity contribution in [2.24, 2.45) is 10.8 Å². The predicted octanol–water partition coefficient (Wildman–Crippen LogP) is 12.8. The van der Waals surface area contributed by atoms with Crippen LogP contribution in [0.25, 0.3) is 44.4 Å². The van der Waals surface area contributed by atoms with Crippen LogP contribution in [-0.2, 0) is 33.9 Å². The molecule has 7 aromatic rings. The van der Waals surface area contributed by atoms with Crippen molar-refractivity contribution < 1.29 is 25.8 Å². The summed E-state index contributed by atoms with van der Waals surface area (Å²) in [6.07, 6.45) is 10.4. The van der Waals surface area contributed by atoms with Gasteiger partial charge in [0.2, 0.25) is 0 Å². The van der Waals surface area contributed by atoms with E-state index < -0.39 is 0 Å². The molecule has 0 spiro atoms. The molecule has 6 heteroatoms. The van der Waals surface area contributed by atoms with Gasteiger partial charge in [-0.25, -0.2) is 4.98 Å². The minimum absolute atomic E-state index is 0. The van der Waals surface area contributed by atoms with Gasteiger partial charge in [-0.1, -0.05) is 104 Å². The van der Waals surface area contributed by atoms with E-state index in [0.29, 0.717) is 17.4 Å². The number of aryl methyl sites for hydroxylation is 3. The molecule has 54 heavy (non-hydrogen) atoms. The molecular weight excluding hydrogens is 844 g/mol. The number of ether oxygens (including phenoxy) is 1. The number of benzene rings is 4. The van der Waals surface area contributed by atoms with Gasteiger partial charge in [-0.3, -0.25) is 4.68 Å². The maximum absolute atomic E-state index is 6.55. The van der Waals surface area contributed by atoms with E-state index in [9.17, 15) is 0 Å². The molecule has 0 radical (unpaired) electrons. The second-order valence-electron chi connectivity index (χ2n) is 17.3. The van der Waals surface area contributed by atoms with E-state index in [2.05, 4.69) is 152 Å². The Balaban J connectivity index is 0.00000497. The third kappa shape index (κ3) is 8.74. The fraction of sp³-hybridized carbons (Fsp3) is 0.333. The Kier molecular flexibility index (Phi) is 11.4. The summed E-state index contributed by atoms with van der Waals surface area (Å²) in [6, 6.07) is 34.9. The van der Waals surface area contributed by atoms with Crippen molar-refractivity contribution in [2.45, 2.75) is 93.9 Å². The van der Waals surface area contributed by atoms with Crippen molar-refractivity contribution in [2.75, 3.05) is 0 Å². The summed E-state index contributed by atoms with van der Waals surface area (Å²) in [7, 11) is 0. The van der Waals surface area contributed by atoms with Gasteiger partial charge in [0.25, 0.3) is 0 Å². The molecule has 0 saturated carbocycles. The van der Waals surface area contributed by atoms with Crippen LogP contribution in [0.5, 0.6) is 11.5 Å². The first-order chi connectivity index (χ1) is 25.2. The topological polar surface area (TPSA) is 44.9 Å². The maximum atomic E-state index is 6.55. The van der Waals surface area contributed by atoms with E-state index in [1.165, 1.54) is 22.3 Å². The van der Waals surface area contributed by atoms with E-state index in [1.807, 2.05) is 29.2 Å². The van der Waals surface area contributed by atoms with Crippen LogP contribution < -0.4 is 4.74 Å². The fourth-order valence-electron chi connectivity index (χ4n) is 7.09. The third-order valence-corrected chi connectivity index (χ3v) is 10.1. The minimum atomic E-state index is 0. The molecule has 3 heterocycles. The molecule has 0 aliphatic carbocycles. The summed E-state index contributed by atoms with van der Waals surface area (Å²) in [5.41, 5.74) is 10.9. The SMILES string of the molecule is Cc1cc(Oc2[c-]c3c(cc2)c2ccccc2n3-c2cc(C(C)C)ccn2)[c-]c(-n2cc(-c3c(CCC(C)(C)C)cccc3CCC(C)(C)C)cn2)c1.[Pt+2]. The largest absolute Gasteiger partial charge is 2.00 e. The number of hydrogen-bond donors (Lipinski definition) is 0. The van der Waals surface area contributed by atoms with Crippen molar-refractivity contribution in [1.29, 1.82) is 0 Å².